The van der Waals surface area contributed by atoms with E-state index in [9.17, 15) is 0 Å². The summed E-state index contributed by atoms with van der Waals surface area (Å²) in [4.78, 5) is 0. The van der Waals surface area contributed by atoms with Crippen LogP contribution in [0.3, 0.4) is 0 Å². The molecule has 0 aromatic heterocycles. The molecule has 0 spiro atoms. The van der Waals surface area contributed by atoms with Crippen LogP contribution in [0.15, 0.2) is 37.0 Å². The minimum Gasteiger partial charge on any atom is -0.0991 e. The molecule has 0 aromatic carbocycles. The third-order valence-corrected chi connectivity index (χ3v) is 1.22. The Balaban J connectivity index is 3.19. The molecule has 0 amide bonds. The van der Waals surface area contributed by atoms with E-state index in [0.717, 1.165) is 0 Å². The summed E-state index contributed by atoms with van der Waals surface area (Å²) in [6, 6.07) is 0. The molecular weight excluding hydrogens is 120 g/mol. The SMILES string of the molecule is C=C/C=C\C=C\CCCC. The first-order valence-electron chi connectivity index (χ1n) is 3.86. The Bertz CT molecular complexity index is 118. The lowest BCUT2D eigenvalue weighted by molar-refractivity contribution is 0.815. The van der Waals surface area contributed by atoms with Crippen molar-refractivity contribution < 1.29 is 0 Å². The van der Waals surface area contributed by atoms with Gasteiger partial charge < -0.3 is 0 Å². The lowest BCUT2D eigenvalue weighted by Gasteiger charge is -1.84. The summed E-state index contributed by atoms with van der Waals surface area (Å²) in [5.74, 6) is 0. The molecule has 0 heterocycles. The number of hydrogen-bond acceptors (Lipinski definition) is 0. The first-order chi connectivity index (χ1) is 4.91. The molecule has 0 heteroatoms. The molecule has 0 N–H and O–H groups in total. The van der Waals surface area contributed by atoms with Crippen LogP contribution in [0.1, 0.15) is 26.2 Å². The highest BCUT2D eigenvalue weighted by molar-refractivity contribution is 5.08. The second-order valence-electron chi connectivity index (χ2n) is 2.19. The fraction of sp³-hybridized carbons (Fsp3) is 0.400. The van der Waals surface area contributed by atoms with Crippen LogP contribution in [0.4, 0.5) is 0 Å². The zero-order valence-corrected chi connectivity index (χ0v) is 6.72. The van der Waals surface area contributed by atoms with E-state index in [1.54, 1.807) is 6.08 Å². The summed E-state index contributed by atoms with van der Waals surface area (Å²) in [6.07, 6.45) is 13.7. The summed E-state index contributed by atoms with van der Waals surface area (Å²) in [6.45, 7) is 5.78. The normalized spacial score (nSPS) is 11.3. The van der Waals surface area contributed by atoms with E-state index in [4.69, 9.17) is 0 Å². The maximum absolute atomic E-state index is 3.57. The van der Waals surface area contributed by atoms with Gasteiger partial charge in [0, 0.05) is 0 Å². The predicted octanol–water partition coefficient (Wildman–Crippen LogP) is 3.48. The maximum Gasteiger partial charge on any atom is -0.0348 e. The molecule has 0 aliphatic rings. The van der Waals surface area contributed by atoms with Gasteiger partial charge in [0.2, 0.25) is 0 Å². The van der Waals surface area contributed by atoms with Crippen LogP contribution in [0.5, 0.6) is 0 Å². The van der Waals surface area contributed by atoms with Gasteiger partial charge in [-0.05, 0) is 6.42 Å². The molecule has 56 valence electrons. The Hall–Kier alpha value is -0.780. The molecular formula is C10H16. The van der Waals surface area contributed by atoms with E-state index in [2.05, 4.69) is 25.7 Å². The van der Waals surface area contributed by atoms with Crippen molar-refractivity contribution in [2.45, 2.75) is 26.2 Å². The van der Waals surface area contributed by atoms with Crippen LogP contribution < -0.4 is 0 Å². The molecule has 0 atom stereocenters. The largest absolute Gasteiger partial charge is 0.0991 e. The highest BCUT2D eigenvalue weighted by Gasteiger charge is 1.74. The summed E-state index contributed by atoms with van der Waals surface area (Å²) in [5.41, 5.74) is 0. The molecule has 0 fully saturated rings. The summed E-state index contributed by atoms with van der Waals surface area (Å²) >= 11 is 0. The van der Waals surface area contributed by atoms with Crippen LogP contribution in [0, 0.1) is 0 Å². The van der Waals surface area contributed by atoms with Gasteiger partial charge in [-0.3, -0.25) is 0 Å². The van der Waals surface area contributed by atoms with Crippen molar-refractivity contribution in [1.29, 1.82) is 0 Å². The number of hydrogen-bond donors (Lipinski definition) is 0. The van der Waals surface area contributed by atoms with Gasteiger partial charge >= 0.3 is 0 Å². The van der Waals surface area contributed by atoms with Crippen molar-refractivity contribution in [3.05, 3.63) is 37.0 Å². The average Bonchev–Trinajstić information content (AvgIpc) is 1.97. The standard InChI is InChI=1S/C10H16/c1-3-5-7-9-10-8-6-4-2/h3,5,7,9-10H,1,4,6,8H2,2H3/b7-5-,10-9+. The van der Waals surface area contributed by atoms with Crippen LogP contribution in [0.2, 0.25) is 0 Å². The lowest BCUT2D eigenvalue weighted by Crippen LogP contribution is -1.64. The number of unbranched alkanes of at least 4 members (excludes halogenated alkanes) is 2. The Morgan fingerprint density at radius 3 is 2.60 bits per heavy atom. The Morgan fingerprint density at radius 2 is 2.00 bits per heavy atom. The van der Waals surface area contributed by atoms with Crippen LogP contribution in [0.25, 0.3) is 0 Å². The Morgan fingerprint density at radius 1 is 1.20 bits per heavy atom. The fourth-order valence-electron chi connectivity index (χ4n) is 0.639. The minimum atomic E-state index is 1.19. The number of rotatable bonds is 5. The van der Waals surface area contributed by atoms with E-state index in [1.165, 1.54) is 19.3 Å². The van der Waals surface area contributed by atoms with Crippen molar-refractivity contribution in [2.24, 2.45) is 0 Å². The minimum absolute atomic E-state index is 1.19. The molecule has 0 aliphatic heterocycles. The van der Waals surface area contributed by atoms with E-state index in [0.29, 0.717) is 0 Å². The average molecular weight is 136 g/mol. The third-order valence-electron chi connectivity index (χ3n) is 1.22. The van der Waals surface area contributed by atoms with E-state index in [-0.39, 0.29) is 0 Å². The molecule has 0 bridgehead atoms. The van der Waals surface area contributed by atoms with Gasteiger partial charge in [-0.25, -0.2) is 0 Å². The number of allylic oxidation sites excluding steroid dienone is 5. The quantitative estimate of drug-likeness (QED) is 0.401. The van der Waals surface area contributed by atoms with Crippen molar-refractivity contribution >= 4 is 0 Å². The smallest absolute Gasteiger partial charge is 0.0348 e. The van der Waals surface area contributed by atoms with Crippen LogP contribution >= 0.6 is 0 Å². The second kappa shape index (κ2) is 8.22. The maximum atomic E-state index is 3.57. The van der Waals surface area contributed by atoms with E-state index < -0.39 is 0 Å². The lowest BCUT2D eigenvalue weighted by atomic mass is 10.2. The predicted molar refractivity (Wildman–Crippen MR) is 48.0 cm³/mol. The first kappa shape index (κ1) is 9.22. The Labute approximate surface area is 64.0 Å². The van der Waals surface area contributed by atoms with Gasteiger partial charge in [-0.2, -0.15) is 0 Å². The van der Waals surface area contributed by atoms with Crippen molar-refractivity contribution in [3.63, 3.8) is 0 Å². The molecule has 0 saturated carbocycles. The van der Waals surface area contributed by atoms with Crippen molar-refractivity contribution in [1.82, 2.24) is 0 Å². The molecule has 0 aromatic rings. The third kappa shape index (κ3) is 7.22. The highest BCUT2D eigenvalue weighted by atomic mass is 13.8. The molecule has 0 aliphatic carbocycles. The molecule has 0 rings (SSSR count). The zero-order valence-electron chi connectivity index (χ0n) is 6.72. The second-order valence-corrected chi connectivity index (χ2v) is 2.19. The summed E-state index contributed by atoms with van der Waals surface area (Å²) in [7, 11) is 0. The molecule has 0 unspecified atom stereocenters. The Kier molecular flexibility index (Phi) is 7.58. The van der Waals surface area contributed by atoms with Crippen molar-refractivity contribution in [3.8, 4) is 0 Å². The van der Waals surface area contributed by atoms with Gasteiger partial charge in [0.25, 0.3) is 0 Å². The molecule has 0 saturated heterocycles. The van der Waals surface area contributed by atoms with Gasteiger partial charge in [0.15, 0.2) is 0 Å². The molecule has 0 radical (unpaired) electrons. The van der Waals surface area contributed by atoms with Crippen LogP contribution in [-0.2, 0) is 0 Å². The van der Waals surface area contributed by atoms with Crippen molar-refractivity contribution in [2.75, 3.05) is 0 Å². The summed E-state index contributed by atoms with van der Waals surface area (Å²) < 4.78 is 0. The van der Waals surface area contributed by atoms with Gasteiger partial charge in [0.05, 0.1) is 0 Å². The summed E-state index contributed by atoms with van der Waals surface area (Å²) in [5, 5.41) is 0. The highest BCUT2D eigenvalue weighted by Crippen LogP contribution is 1.94. The van der Waals surface area contributed by atoms with Gasteiger partial charge in [-0.1, -0.05) is 56.7 Å². The van der Waals surface area contributed by atoms with E-state index in [1.807, 2.05) is 12.2 Å². The molecule has 0 nitrogen and oxygen atoms in total. The monoisotopic (exact) mass is 136 g/mol. The van der Waals surface area contributed by atoms with Crippen LogP contribution in [-0.4, -0.2) is 0 Å². The first-order valence-corrected chi connectivity index (χ1v) is 3.86. The topological polar surface area (TPSA) is 0 Å². The fourth-order valence-corrected chi connectivity index (χ4v) is 0.639. The van der Waals surface area contributed by atoms with Gasteiger partial charge in [-0.15, -0.1) is 0 Å². The van der Waals surface area contributed by atoms with Gasteiger partial charge in [0.1, 0.15) is 0 Å². The molecule has 10 heavy (non-hydrogen) atoms. The zero-order chi connectivity index (χ0) is 7.66. The van der Waals surface area contributed by atoms with E-state index >= 15 is 0 Å².